The lowest BCUT2D eigenvalue weighted by Gasteiger charge is -2.17. The minimum atomic E-state index is 0.182. The van der Waals surface area contributed by atoms with Gasteiger partial charge in [-0.15, -0.1) is 0 Å². The second-order valence-electron chi connectivity index (χ2n) is 8.25. The minimum absolute atomic E-state index is 0.182. The first-order chi connectivity index (χ1) is 12.9. The maximum absolute atomic E-state index is 4.85. The van der Waals surface area contributed by atoms with Crippen LogP contribution in [0.1, 0.15) is 26.5 Å². The highest BCUT2D eigenvalue weighted by atomic mass is 15.3. The van der Waals surface area contributed by atoms with E-state index in [9.17, 15) is 0 Å². The molecule has 1 aromatic carbocycles. The van der Waals surface area contributed by atoms with Crippen LogP contribution in [-0.4, -0.2) is 19.7 Å². The molecule has 0 aliphatic carbocycles. The van der Waals surface area contributed by atoms with Gasteiger partial charge in [-0.2, -0.15) is 5.10 Å². The molecule has 0 aliphatic heterocycles. The van der Waals surface area contributed by atoms with Crippen LogP contribution in [0.5, 0.6) is 0 Å². The van der Waals surface area contributed by atoms with Crippen LogP contribution in [0, 0.1) is 12.3 Å². The molecule has 0 N–H and O–H groups in total. The molecule has 4 aromatic rings. The molecule has 0 aliphatic rings. The summed E-state index contributed by atoms with van der Waals surface area (Å²) < 4.78 is 2.01. The third-order valence-electron chi connectivity index (χ3n) is 4.49. The molecular formula is C23H24N4. The van der Waals surface area contributed by atoms with Gasteiger partial charge in [0, 0.05) is 46.7 Å². The molecule has 0 spiro atoms. The first-order valence-electron chi connectivity index (χ1n) is 9.25. The molecule has 136 valence electrons. The monoisotopic (exact) mass is 356 g/mol. The van der Waals surface area contributed by atoms with Gasteiger partial charge in [0.15, 0.2) is 0 Å². The average Bonchev–Trinajstić information content (AvgIpc) is 3.07. The Labute approximate surface area is 159 Å². The van der Waals surface area contributed by atoms with Gasteiger partial charge in [-0.3, -0.25) is 14.6 Å². The number of rotatable bonds is 3. The molecule has 4 heteroatoms. The maximum Gasteiger partial charge on any atom is 0.0785 e. The fraction of sp³-hybridized carbons (Fsp3) is 0.261. The van der Waals surface area contributed by atoms with E-state index in [2.05, 4.69) is 73.4 Å². The lowest BCUT2D eigenvalue weighted by Crippen LogP contribution is -2.15. The van der Waals surface area contributed by atoms with E-state index >= 15 is 0 Å². The van der Waals surface area contributed by atoms with Gasteiger partial charge in [-0.05, 0) is 30.5 Å². The fourth-order valence-corrected chi connectivity index (χ4v) is 3.30. The van der Waals surface area contributed by atoms with Crippen molar-refractivity contribution in [3.63, 3.8) is 0 Å². The van der Waals surface area contributed by atoms with E-state index < -0.39 is 0 Å². The van der Waals surface area contributed by atoms with Gasteiger partial charge in [0.05, 0.1) is 17.4 Å². The standard InChI is InChI=1S/C23H24N4/c1-16-7-10-20(19-13-25-27(14-19)15-23(2,3)4)22(26-16)18-9-8-17-6-5-11-24-21(17)12-18/h5-14H,15H2,1-4H3. The topological polar surface area (TPSA) is 43.6 Å². The highest BCUT2D eigenvalue weighted by Gasteiger charge is 2.15. The van der Waals surface area contributed by atoms with Crippen LogP contribution in [-0.2, 0) is 6.54 Å². The molecule has 0 saturated carbocycles. The number of nitrogens with zero attached hydrogens (tertiary/aromatic N) is 4. The summed E-state index contributed by atoms with van der Waals surface area (Å²) in [7, 11) is 0. The van der Waals surface area contributed by atoms with Crippen molar-refractivity contribution in [2.45, 2.75) is 34.2 Å². The number of fused-ring (bicyclic) bond motifs is 1. The predicted octanol–water partition coefficient (Wildman–Crippen LogP) is 5.51. The van der Waals surface area contributed by atoms with Gasteiger partial charge >= 0.3 is 0 Å². The zero-order valence-corrected chi connectivity index (χ0v) is 16.3. The number of aryl methyl sites for hydroxylation is 1. The molecule has 0 radical (unpaired) electrons. The number of benzene rings is 1. The van der Waals surface area contributed by atoms with Gasteiger partial charge in [0.25, 0.3) is 0 Å². The molecule has 27 heavy (non-hydrogen) atoms. The van der Waals surface area contributed by atoms with Gasteiger partial charge in [-0.1, -0.05) is 45.0 Å². The first kappa shape index (κ1) is 17.4. The Kier molecular flexibility index (Phi) is 4.27. The Morgan fingerprint density at radius 1 is 1.00 bits per heavy atom. The van der Waals surface area contributed by atoms with Crippen LogP contribution in [0.3, 0.4) is 0 Å². The Bertz CT molecular complexity index is 1100. The van der Waals surface area contributed by atoms with E-state index in [1.54, 1.807) is 0 Å². The number of pyridine rings is 2. The molecular weight excluding hydrogens is 332 g/mol. The van der Waals surface area contributed by atoms with Crippen LogP contribution >= 0.6 is 0 Å². The van der Waals surface area contributed by atoms with Crippen molar-refractivity contribution in [1.29, 1.82) is 0 Å². The smallest absolute Gasteiger partial charge is 0.0785 e. The molecule has 0 atom stereocenters. The van der Waals surface area contributed by atoms with Crippen LogP contribution in [0.4, 0.5) is 0 Å². The molecule has 0 amide bonds. The van der Waals surface area contributed by atoms with Crippen LogP contribution in [0.25, 0.3) is 33.3 Å². The van der Waals surface area contributed by atoms with Crippen LogP contribution in [0.2, 0.25) is 0 Å². The molecule has 4 rings (SSSR count). The summed E-state index contributed by atoms with van der Waals surface area (Å²) in [5.74, 6) is 0. The van der Waals surface area contributed by atoms with Gasteiger partial charge < -0.3 is 0 Å². The zero-order valence-electron chi connectivity index (χ0n) is 16.3. The normalized spacial score (nSPS) is 11.9. The molecule has 0 fully saturated rings. The van der Waals surface area contributed by atoms with E-state index in [1.165, 1.54) is 0 Å². The zero-order chi connectivity index (χ0) is 19.0. The second-order valence-corrected chi connectivity index (χ2v) is 8.25. The van der Waals surface area contributed by atoms with Crippen molar-refractivity contribution in [2.24, 2.45) is 5.41 Å². The van der Waals surface area contributed by atoms with Crippen molar-refractivity contribution in [2.75, 3.05) is 0 Å². The maximum atomic E-state index is 4.85. The lowest BCUT2D eigenvalue weighted by atomic mass is 9.97. The van der Waals surface area contributed by atoms with Crippen molar-refractivity contribution < 1.29 is 0 Å². The lowest BCUT2D eigenvalue weighted by molar-refractivity contribution is 0.325. The third kappa shape index (κ3) is 3.75. The average molecular weight is 356 g/mol. The number of hydrogen-bond acceptors (Lipinski definition) is 3. The van der Waals surface area contributed by atoms with E-state index in [-0.39, 0.29) is 5.41 Å². The van der Waals surface area contributed by atoms with Gasteiger partial charge in [0.1, 0.15) is 0 Å². The van der Waals surface area contributed by atoms with Crippen LogP contribution in [0.15, 0.2) is 61.1 Å². The quantitative estimate of drug-likeness (QED) is 0.486. The Balaban J connectivity index is 1.81. The van der Waals surface area contributed by atoms with Gasteiger partial charge in [0.2, 0.25) is 0 Å². The molecule has 0 bridgehead atoms. The van der Waals surface area contributed by atoms with E-state index in [4.69, 9.17) is 4.98 Å². The minimum Gasteiger partial charge on any atom is -0.272 e. The Morgan fingerprint density at radius 3 is 2.67 bits per heavy atom. The third-order valence-corrected chi connectivity index (χ3v) is 4.49. The summed E-state index contributed by atoms with van der Waals surface area (Å²) in [6.45, 7) is 9.55. The molecule has 3 aromatic heterocycles. The van der Waals surface area contributed by atoms with E-state index in [1.807, 2.05) is 30.1 Å². The largest absolute Gasteiger partial charge is 0.272 e. The van der Waals surface area contributed by atoms with Crippen molar-refractivity contribution in [3.8, 4) is 22.4 Å². The summed E-state index contributed by atoms with van der Waals surface area (Å²) in [4.78, 5) is 9.34. The molecule has 4 nitrogen and oxygen atoms in total. The molecule has 3 heterocycles. The van der Waals surface area contributed by atoms with Crippen molar-refractivity contribution >= 4 is 10.9 Å². The SMILES string of the molecule is Cc1ccc(-c2cnn(CC(C)(C)C)c2)c(-c2ccc3cccnc3c2)n1. The van der Waals surface area contributed by atoms with Gasteiger partial charge in [-0.25, -0.2) is 0 Å². The van der Waals surface area contributed by atoms with Crippen molar-refractivity contribution in [1.82, 2.24) is 19.7 Å². The fourth-order valence-electron chi connectivity index (χ4n) is 3.30. The number of aromatic nitrogens is 4. The number of hydrogen-bond donors (Lipinski definition) is 0. The first-order valence-corrected chi connectivity index (χ1v) is 9.25. The van der Waals surface area contributed by atoms with Crippen molar-refractivity contribution in [3.05, 3.63) is 66.7 Å². The molecule has 0 saturated heterocycles. The second kappa shape index (κ2) is 6.62. The van der Waals surface area contributed by atoms with Crippen LogP contribution < -0.4 is 0 Å². The Morgan fingerprint density at radius 2 is 1.85 bits per heavy atom. The van der Waals surface area contributed by atoms with E-state index in [0.717, 1.165) is 45.5 Å². The van der Waals surface area contributed by atoms with E-state index in [0.29, 0.717) is 0 Å². The summed E-state index contributed by atoms with van der Waals surface area (Å²) in [6, 6.07) is 14.6. The highest BCUT2D eigenvalue weighted by Crippen LogP contribution is 2.32. The highest BCUT2D eigenvalue weighted by molar-refractivity contribution is 5.87. The Hall–Kier alpha value is -3.01. The summed E-state index contributed by atoms with van der Waals surface area (Å²) >= 11 is 0. The predicted molar refractivity (Wildman–Crippen MR) is 110 cm³/mol. The summed E-state index contributed by atoms with van der Waals surface area (Å²) in [5, 5.41) is 5.69. The summed E-state index contributed by atoms with van der Waals surface area (Å²) in [6.07, 6.45) is 5.87. The summed E-state index contributed by atoms with van der Waals surface area (Å²) in [5.41, 5.74) is 6.38. The molecule has 0 unspecified atom stereocenters.